The Morgan fingerprint density at radius 1 is 1.11 bits per heavy atom. The minimum absolute atomic E-state index is 0.706. The zero-order valence-electron chi connectivity index (χ0n) is 11.1. The molecule has 4 heteroatoms. The quantitative estimate of drug-likeness (QED) is 0.786. The smallest absolute Gasteiger partial charge is 0.180 e. The fourth-order valence-corrected chi connectivity index (χ4v) is 3.45. The van der Waals surface area contributed by atoms with Crippen LogP contribution in [0.25, 0.3) is 11.0 Å². The third-order valence-corrected chi connectivity index (χ3v) is 4.50. The van der Waals surface area contributed by atoms with Crippen LogP contribution in [0.15, 0.2) is 28.8 Å². The number of fused-ring (bicyclic) bond motifs is 2. The highest BCUT2D eigenvalue weighted by molar-refractivity contribution is 5.88. The van der Waals surface area contributed by atoms with Crippen LogP contribution in [0.5, 0.6) is 0 Å². The van der Waals surface area contributed by atoms with Crippen molar-refractivity contribution in [3.63, 3.8) is 0 Å². The largest absolute Gasteiger partial charge is 0.354 e. The average Bonchev–Trinajstić information content (AvgIpc) is 2.91. The SMILES string of the molecule is c1ccc2c(N3CCN4CCCCC4C3)noc2c1. The van der Waals surface area contributed by atoms with E-state index in [4.69, 9.17) is 4.52 Å². The number of hydrogen-bond acceptors (Lipinski definition) is 4. The van der Waals surface area contributed by atoms with E-state index in [1.807, 2.05) is 12.1 Å². The molecule has 3 heterocycles. The maximum absolute atomic E-state index is 5.43. The van der Waals surface area contributed by atoms with Gasteiger partial charge in [-0.1, -0.05) is 23.7 Å². The molecule has 2 aliphatic rings. The Bertz CT molecular complexity index is 580. The standard InChI is InChI=1S/C15H19N3O/c1-2-7-14-13(6-1)15(16-19-14)18-10-9-17-8-4-3-5-12(17)11-18/h1-2,6-7,12H,3-5,8-11H2. The second-order valence-electron chi connectivity index (χ2n) is 5.63. The lowest BCUT2D eigenvalue weighted by atomic mass is 9.99. The third kappa shape index (κ3) is 1.91. The number of piperazine rings is 1. The van der Waals surface area contributed by atoms with Crippen LogP contribution in [0.3, 0.4) is 0 Å². The van der Waals surface area contributed by atoms with E-state index in [1.54, 1.807) is 0 Å². The highest BCUT2D eigenvalue weighted by Crippen LogP contribution is 2.29. The molecular weight excluding hydrogens is 238 g/mol. The Morgan fingerprint density at radius 2 is 2.05 bits per heavy atom. The maximum Gasteiger partial charge on any atom is 0.180 e. The zero-order valence-corrected chi connectivity index (χ0v) is 11.1. The molecule has 0 spiro atoms. The molecule has 19 heavy (non-hydrogen) atoms. The van der Waals surface area contributed by atoms with Crippen LogP contribution < -0.4 is 4.90 Å². The predicted molar refractivity (Wildman–Crippen MR) is 75.4 cm³/mol. The van der Waals surface area contributed by atoms with Crippen molar-refractivity contribution < 1.29 is 4.52 Å². The predicted octanol–water partition coefficient (Wildman–Crippen LogP) is 2.50. The first-order chi connectivity index (χ1) is 9.42. The van der Waals surface area contributed by atoms with Crippen molar-refractivity contribution in [2.24, 2.45) is 0 Å². The van der Waals surface area contributed by atoms with Crippen molar-refractivity contribution in [2.45, 2.75) is 25.3 Å². The Morgan fingerprint density at radius 3 is 3.05 bits per heavy atom. The van der Waals surface area contributed by atoms with E-state index in [0.29, 0.717) is 6.04 Å². The minimum atomic E-state index is 0.706. The Kier molecular flexibility index (Phi) is 2.69. The average molecular weight is 257 g/mol. The molecule has 0 N–H and O–H groups in total. The summed E-state index contributed by atoms with van der Waals surface area (Å²) in [5, 5.41) is 5.43. The van der Waals surface area contributed by atoms with Crippen LogP contribution in [-0.4, -0.2) is 42.3 Å². The lowest BCUT2D eigenvalue weighted by Gasteiger charge is -2.44. The molecule has 1 unspecified atom stereocenters. The van der Waals surface area contributed by atoms with Gasteiger partial charge in [0.25, 0.3) is 0 Å². The fourth-order valence-electron chi connectivity index (χ4n) is 3.45. The monoisotopic (exact) mass is 257 g/mol. The summed E-state index contributed by atoms with van der Waals surface area (Å²) >= 11 is 0. The van der Waals surface area contributed by atoms with Crippen LogP contribution in [0.2, 0.25) is 0 Å². The summed E-state index contributed by atoms with van der Waals surface area (Å²) in [6, 6.07) is 8.85. The first-order valence-corrected chi connectivity index (χ1v) is 7.25. The third-order valence-electron chi connectivity index (χ3n) is 4.50. The molecular formula is C15H19N3O. The van der Waals surface area contributed by atoms with Crippen LogP contribution in [0.4, 0.5) is 5.82 Å². The number of nitrogens with zero attached hydrogens (tertiary/aromatic N) is 3. The molecule has 0 radical (unpaired) electrons. The van der Waals surface area contributed by atoms with E-state index in [-0.39, 0.29) is 0 Å². The van der Waals surface area contributed by atoms with Crippen molar-refractivity contribution in [3.05, 3.63) is 24.3 Å². The van der Waals surface area contributed by atoms with Crippen molar-refractivity contribution in [1.82, 2.24) is 10.1 Å². The number of hydrogen-bond donors (Lipinski definition) is 0. The Labute approximate surface area is 113 Å². The summed E-state index contributed by atoms with van der Waals surface area (Å²) in [7, 11) is 0. The molecule has 2 fully saturated rings. The van der Waals surface area contributed by atoms with Gasteiger partial charge in [0.1, 0.15) is 0 Å². The molecule has 4 rings (SSSR count). The normalized spacial score (nSPS) is 24.6. The second kappa shape index (κ2) is 4.53. The van der Waals surface area contributed by atoms with Gasteiger partial charge in [0.05, 0.1) is 5.39 Å². The lowest BCUT2D eigenvalue weighted by molar-refractivity contribution is 0.133. The molecule has 0 amide bonds. The molecule has 0 bridgehead atoms. The highest BCUT2D eigenvalue weighted by Gasteiger charge is 2.30. The highest BCUT2D eigenvalue weighted by atomic mass is 16.5. The van der Waals surface area contributed by atoms with Gasteiger partial charge < -0.3 is 9.42 Å². The summed E-state index contributed by atoms with van der Waals surface area (Å²) in [4.78, 5) is 5.04. The number of piperidine rings is 1. The first-order valence-electron chi connectivity index (χ1n) is 7.25. The molecule has 0 aliphatic carbocycles. The molecule has 4 nitrogen and oxygen atoms in total. The molecule has 2 saturated heterocycles. The van der Waals surface area contributed by atoms with Crippen LogP contribution in [0, 0.1) is 0 Å². The second-order valence-corrected chi connectivity index (χ2v) is 5.63. The van der Waals surface area contributed by atoms with E-state index in [0.717, 1.165) is 36.4 Å². The van der Waals surface area contributed by atoms with Gasteiger partial charge in [-0.25, -0.2) is 0 Å². The van der Waals surface area contributed by atoms with Crippen molar-refractivity contribution in [3.8, 4) is 0 Å². The topological polar surface area (TPSA) is 32.5 Å². The minimum Gasteiger partial charge on any atom is -0.354 e. The number of anilines is 1. The first kappa shape index (κ1) is 11.3. The van der Waals surface area contributed by atoms with Crippen molar-refractivity contribution >= 4 is 16.8 Å². The molecule has 1 aromatic heterocycles. The lowest BCUT2D eigenvalue weighted by Crippen LogP contribution is -2.55. The summed E-state index contributed by atoms with van der Waals surface area (Å²) in [6.07, 6.45) is 4.06. The van der Waals surface area contributed by atoms with Crippen LogP contribution >= 0.6 is 0 Å². The van der Waals surface area contributed by atoms with E-state index in [1.165, 1.54) is 25.8 Å². The van der Waals surface area contributed by atoms with Gasteiger partial charge in [-0.3, -0.25) is 4.90 Å². The van der Waals surface area contributed by atoms with E-state index in [9.17, 15) is 0 Å². The van der Waals surface area contributed by atoms with E-state index < -0.39 is 0 Å². The number of para-hydroxylation sites is 1. The summed E-state index contributed by atoms with van der Waals surface area (Å²) in [5.74, 6) is 1.03. The van der Waals surface area contributed by atoms with Gasteiger partial charge in [-0.15, -0.1) is 0 Å². The van der Waals surface area contributed by atoms with Crippen LogP contribution in [-0.2, 0) is 0 Å². The molecule has 1 atom stereocenters. The molecule has 100 valence electrons. The Balaban J connectivity index is 1.62. The van der Waals surface area contributed by atoms with Crippen molar-refractivity contribution in [2.75, 3.05) is 31.1 Å². The molecule has 2 aliphatic heterocycles. The molecule has 2 aromatic rings. The summed E-state index contributed by atoms with van der Waals surface area (Å²) < 4.78 is 5.43. The van der Waals surface area contributed by atoms with Crippen molar-refractivity contribution in [1.29, 1.82) is 0 Å². The number of aromatic nitrogens is 1. The van der Waals surface area contributed by atoms with Gasteiger partial charge in [0, 0.05) is 25.7 Å². The molecule has 1 aromatic carbocycles. The van der Waals surface area contributed by atoms with Gasteiger partial charge in [-0.2, -0.15) is 0 Å². The van der Waals surface area contributed by atoms with Gasteiger partial charge in [0.15, 0.2) is 11.4 Å². The molecule has 0 saturated carbocycles. The van der Waals surface area contributed by atoms with Gasteiger partial charge in [-0.05, 0) is 31.5 Å². The van der Waals surface area contributed by atoms with E-state index >= 15 is 0 Å². The number of benzene rings is 1. The van der Waals surface area contributed by atoms with Gasteiger partial charge in [0.2, 0.25) is 0 Å². The Hall–Kier alpha value is -1.55. The zero-order chi connectivity index (χ0) is 12.7. The number of rotatable bonds is 1. The summed E-state index contributed by atoms with van der Waals surface area (Å²) in [5.41, 5.74) is 0.892. The van der Waals surface area contributed by atoms with Crippen LogP contribution in [0.1, 0.15) is 19.3 Å². The van der Waals surface area contributed by atoms with E-state index in [2.05, 4.69) is 27.1 Å². The fraction of sp³-hybridized carbons (Fsp3) is 0.533. The maximum atomic E-state index is 5.43. The van der Waals surface area contributed by atoms with Gasteiger partial charge >= 0.3 is 0 Å². The summed E-state index contributed by atoms with van der Waals surface area (Å²) in [6.45, 7) is 4.59.